The van der Waals surface area contributed by atoms with Crippen molar-refractivity contribution in [1.82, 2.24) is 0 Å². The number of rotatable bonds is 3. The summed E-state index contributed by atoms with van der Waals surface area (Å²) in [5.41, 5.74) is -0.382. The lowest BCUT2D eigenvalue weighted by atomic mass is 9.97. The van der Waals surface area contributed by atoms with Gasteiger partial charge < -0.3 is 0 Å². The van der Waals surface area contributed by atoms with Crippen LogP contribution >= 0.6 is 0 Å². The molecule has 1 unspecified atom stereocenters. The molecule has 0 N–H and O–H groups in total. The Bertz CT molecular complexity index is 156. The summed E-state index contributed by atoms with van der Waals surface area (Å²) in [6.07, 6.45) is -1.90. The van der Waals surface area contributed by atoms with Crippen LogP contribution in [0.15, 0.2) is 11.6 Å². The van der Waals surface area contributed by atoms with Crippen LogP contribution in [0.3, 0.4) is 0 Å². The predicted octanol–water partition coefficient (Wildman–Crippen LogP) is 3.93. The van der Waals surface area contributed by atoms with Gasteiger partial charge in [-0.15, -0.1) is 0 Å². The molecule has 0 saturated carbocycles. The van der Waals surface area contributed by atoms with E-state index in [0.717, 1.165) is 0 Å². The predicted molar refractivity (Wildman–Crippen MR) is 43.9 cm³/mol. The van der Waals surface area contributed by atoms with Crippen LogP contribution in [0.4, 0.5) is 13.2 Å². The Balaban J connectivity index is 4.56. The second-order valence-corrected chi connectivity index (χ2v) is 2.87. The molecular weight excluding hydrogens is 165 g/mol. The van der Waals surface area contributed by atoms with Crippen molar-refractivity contribution in [1.29, 1.82) is 0 Å². The van der Waals surface area contributed by atoms with Crippen molar-refractivity contribution in [2.45, 2.75) is 39.8 Å². The molecule has 12 heavy (non-hydrogen) atoms. The molecule has 0 radical (unpaired) electrons. The maximum Gasteiger partial charge on any atom is 0.412 e. The first kappa shape index (κ1) is 11.5. The SMILES string of the molecule is CCC=C(C(C)CC)C(F)(F)F. The number of hydrogen-bond donors (Lipinski definition) is 0. The van der Waals surface area contributed by atoms with Gasteiger partial charge in [-0.25, -0.2) is 0 Å². The molecule has 0 spiro atoms. The van der Waals surface area contributed by atoms with Gasteiger partial charge in [0.15, 0.2) is 0 Å². The Morgan fingerprint density at radius 1 is 1.33 bits per heavy atom. The van der Waals surface area contributed by atoms with Gasteiger partial charge in [0, 0.05) is 5.57 Å². The monoisotopic (exact) mass is 180 g/mol. The molecule has 3 heteroatoms. The maximum absolute atomic E-state index is 12.3. The van der Waals surface area contributed by atoms with E-state index in [1.807, 2.05) is 0 Å². The summed E-state index contributed by atoms with van der Waals surface area (Å²) in [6.45, 7) is 5.09. The van der Waals surface area contributed by atoms with Crippen molar-refractivity contribution in [3.63, 3.8) is 0 Å². The topological polar surface area (TPSA) is 0 Å². The number of alkyl halides is 3. The highest BCUT2D eigenvalue weighted by molar-refractivity contribution is 5.11. The van der Waals surface area contributed by atoms with Crippen molar-refractivity contribution >= 4 is 0 Å². The second-order valence-electron chi connectivity index (χ2n) is 2.87. The smallest absolute Gasteiger partial charge is 0.166 e. The Hall–Kier alpha value is -0.470. The van der Waals surface area contributed by atoms with E-state index in [9.17, 15) is 13.2 Å². The highest BCUT2D eigenvalue weighted by Gasteiger charge is 2.35. The lowest BCUT2D eigenvalue weighted by Crippen LogP contribution is -2.17. The largest absolute Gasteiger partial charge is 0.412 e. The van der Waals surface area contributed by atoms with Gasteiger partial charge in [0.05, 0.1) is 0 Å². The molecule has 0 aliphatic carbocycles. The normalized spacial score (nSPS) is 16.3. The first-order chi connectivity index (χ1) is 5.43. The molecule has 0 rings (SSSR count). The molecule has 0 nitrogen and oxygen atoms in total. The molecule has 0 aromatic heterocycles. The van der Waals surface area contributed by atoms with Crippen molar-refractivity contribution in [3.8, 4) is 0 Å². The lowest BCUT2D eigenvalue weighted by molar-refractivity contribution is -0.0987. The summed E-state index contributed by atoms with van der Waals surface area (Å²) in [7, 11) is 0. The van der Waals surface area contributed by atoms with Crippen LogP contribution in [0.2, 0.25) is 0 Å². The summed E-state index contributed by atoms with van der Waals surface area (Å²) in [5.74, 6) is -0.384. The zero-order chi connectivity index (χ0) is 9.78. The van der Waals surface area contributed by atoms with E-state index in [1.165, 1.54) is 6.08 Å². The third-order valence-corrected chi connectivity index (χ3v) is 1.89. The highest BCUT2D eigenvalue weighted by atomic mass is 19.4. The first-order valence-electron chi connectivity index (χ1n) is 4.20. The second kappa shape index (κ2) is 4.53. The van der Waals surface area contributed by atoms with Crippen LogP contribution in [-0.2, 0) is 0 Å². The van der Waals surface area contributed by atoms with Crippen molar-refractivity contribution in [2.24, 2.45) is 5.92 Å². The minimum atomic E-state index is -4.15. The van der Waals surface area contributed by atoms with E-state index in [-0.39, 0.29) is 11.5 Å². The van der Waals surface area contributed by atoms with Crippen molar-refractivity contribution in [3.05, 3.63) is 11.6 Å². The van der Waals surface area contributed by atoms with Crippen molar-refractivity contribution < 1.29 is 13.2 Å². The Labute approximate surface area is 71.5 Å². The van der Waals surface area contributed by atoms with Crippen LogP contribution in [0, 0.1) is 5.92 Å². The molecule has 0 amide bonds. The standard InChI is InChI=1S/C9H15F3/c1-4-6-8(7(3)5-2)9(10,11)12/h6-7H,4-5H2,1-3H3. The van der Waals surface area contributed by atoms with Crippen LogP contribution in [-0.4, -0.2) is 6.18 Å². The summed E-state index contributed by atoms with van der Waals surface area (Å²) in [6, 6.07) is 0. The molecule has 0 aromatic carbocycles. The van der Waals surface area contributed by atoms with E-state index in [0.29, 0.717) is 12.8 Å². The van der Waals surface area contributed by atoms with Gasteiger partial charge in [-0.1, -0.05) is 26.8 Å². The average Bonchev–Trinajstić information content (AvgIpc) is 1.96. The lowest BCUT2D eigenvalue weighted by Gasteiger charge is -2.17. The van der Waals surface area contributed by atoms with Gasteiger partial charge in [-0.3, -0.25) is 0 Å². The fourth-order valence-corrected chi connectivity index (χ4v) is 1.04. The van der Waals surface area contributed by atoms with Crippen LogP contribution < -0.4 is 0 Å². The summed E-state index contributed by atoms with van der Waals surface area (Å²) < 4.78 is 36.8. The molecule has 0 bridgehead atoms. The summed E-state index contributed by atoms with van der Waals surface area (Å²) in [5, 5.41) is 0. The Morgan fingerprint density at radius 2 is 1.83 bits per heavy atom. The minimum Gasteiger partial charge on any atom is -0.166 e. The summed E-state index contributed by atoms with van der Waals surface area (Å²) >= 11 is 0. The van der Waals surface area contributed by atoms with Gasteiger partial charge in [0.1, 0.15) is 0 Å². The van der Waals surface area contributed by atoms with E-state index in [2.05, 4.69) is 0 Å². The molecule has 0 heterocycles. The van der Waals surface area contributed by atoms with Crippen LogP contribution in [0.5, 0.6) is 0 Å². The van der Waals surface area contributed by atoms with E-state index >= 15 is 0 Å². The molecule has 0 saturated heterocycles. The molecule has 0 aliphatic heterocycles. The quantitative estimate of drug-likeness (QED) is 0.577. The fraction of sp³-hybridized carbons (Fsp3) is 0.778. The molecule has 1 atom stereocenters. The molecular formula is C9H15F3. The Morgan fingerprint density at radius 3 is 2.08 bits per heavy atom. The number of halogens is 3. The first-order valence-corrected chi connectivity index (χ1v) is 4.20. The van der Waals surface area contributed by atoms with Gasteiger partial charge >= 0.3 is 6.18 Å². The van der Waals surface area contributed by atoms with Crippen LogP contribution in [0.1, 0.15) is 33.6 Å². The van der Waals surface area contributed by atoms with Crippen LogP contribution in [0.25, 0.3) is 0 Å². The van der Waals surface area contributed by atoms with Gasteiger partial charge in [0.2, 0.25) is 0 Å². The third-order valence-electron chi connectivity index (χ3n) is 1.89. The van der Waals surface area contributed by atoms with Gasteiger partial charge in [-0.05, 0) is 18.8 Å². The number of hydrogen-bond acceptors (Lipinski definition) is 0. The fourth-order valence-electron chi connectivity index (χ4n) is 1.04. The third kappa shape index (κ3) is 3.28. The molecule has 0 aromatic rings. The zero-order valence-electron chi connectivity index (χ0n) is 7.70. The van der Waals surface area contributed by atoms with E-state index in [4.69, 9.17) is 0 Å². The zero-order valence-corrected chi connectivity index (χ0v) is 7.70. The Kier molecular flexibility index (Phi) is 4.35. The van der Waals surface area contributed by atoms with Gasteiger partial charge in [-0.2, -0.15) is 13.2 Å². The van der Waals surface area contributed by atoms with Crippen molar-refractivity contribution in [2.75, 3.05) is 0 Å². The highest BCUT2D eigenvalue weighted by Crippen LogP contribution is 2.32. The summed E-state index contributed by atoms with van der Waals surface area (Å²) in [4.78, 5) is 0. The van der Waals surface area contributed by atoms with E-state index < -0.39 is 6.18 Å². The minimum absolute atomic E-state index is 0.382. The molecule has 0 fully saturated rings. The molecule has 72 valence electrons. The average molecular weight is 180 g/mol. The maximum atomic E-state index is 12.3. The molecule has 0 aliphatic rings. The van der Waals surface area contributed by atoms with Gasteiger partial charge in [0.25, 0.3) is 0 Å². The number of allylic oxidation sites excluding steroid dienone is 2. The van der Waals surface area contributed by atoms with E-state index in [1.54, 1.807) is 20.8 Å².